The molecular formula is C10H6ClN3S3. The van der Waals surface area contributed by atoms with Crippen molar-refractivity contribution in [2.24, 2.45) is 0 Å². The third-order valence-electron chi connectivity index (χ3n) is 2.30. The highest BCUT2D eigenvalue weighted by Gasteiger charge is 2.22. The first-order valence-electron chi connectivity index (χ1n) is 4.77. The van der Waals surface area contributed by atoms with E-state index in [2.05, 4.69) is 10.2 Å². The molecule has 0 bridgehead atoms. The van der Waals surface area contributed by atoms with Crippen LogP contribution in [0.3, 0.4) is 0 Å². The topological polar surface area (TPSA) is 30.7 Å². The van der Waals surface area contributed by atoms with Crippen LogP contribution in [0.5, 0.6) is 0 Å². The maximum absolute atomic E-state index is 6.17. The Morgan fingerprint density at radius 3 is 2.88 bits per heavy atom. The molecule has 3 nitrogen and oxygen atoms in total. The highest BCUT2D eigenvalue weighted by molar-refractivity contribution is 8.30. The van der Waals surface area contributed by atoms with Gasteiger partial charge >= 0.3 is 0 Å². The van der Waals surface area contributed by atoms with Gasteiger partial charge in [0.15, 0.2) is 11.0 Å². The van der Waals surface area contributed by atoms with Crippen LogP contribution in [0.15, 0.2) is 29.4 Å². The van der Waals surface area contributed by atoms with Crippen LogP contribution in [0.25, 0.3) is 11.4 Å². The van der Waals surface area contributed by atoms with Gasteiger partial charge in [0.1, 0.15) is 4.32 Å². The summed E-state index contributed by atoms with van der Waals surface area (Å²) in [4.78, 5) is 0. The van der Waals surface area contributed by atoms with Crippen molar-refractivity contribution in [3.8, 4) is 11.4 Å². The number of halogens is 1. The molecule has 86 valence electrons. The fourth-order valence-corrected chi connectivity index (χ4v) is 4.25. The van der Waals surface area contributed by atoms with Gasteiger partial charge in [0.2, 0.25) is 0 Å². The molecule has 0 spiro atoms. The number of benzene rings is 1. The van der Waals surface area contributed by atoms with Gasteiger partial charge in [-0.3, -0.25) is 4.57 Å². The molecule has 0 atom stereocenters. The first-order valence-corrected chi connectivity index (χ1v) is 7.53. The van der Waals surface area contributed by atoms with Crippen LogP contribution in [0.1, 0.15) is 0 Å². The van der Waals surface area contributed by atoms with E-state index in [1.54, 1.807) is 23.5 Å². The number of hydrogen-bond acceptors (Lipinski definition) is 5. The van der Waals surface area contributed by atoms with Crippen LogP contribution < -0.4 is 0 Å². The van der Waals surface area contributed by atoms with Crippen LogP contribution >= 0.6 is 47.3 Å². The molecule has 2 aromatic rings. The zero-order valence-electron chi connectivity index (χ0n) is 8.46. The quantitative estimate of drug-likeness (QED) is 0.752. The largest absolute Gasteiger partial charge is 0.254 e. The summed E-state index contributed by atoms with van der Waals surface area (Å²) in [5.41, 5.74) is 0.860. The Kier molecular flexibility index (Phi) is 3.12. The monoisotopic (exact) mass is 299 g/mol. The Morgan fingerprint density at radius 2 is 2.06 bits per heavy atom. The average Bonchev–Trinajstić information content (AvgIpc) is 2.75. The minimum atomic E-state index is 0.658. The van der Waals surface area contributed by atoms with Gasteiger partial charge in [-0.15, -0.1) is 10.2 Å². The molecule has 1 aliphatic heterocycles. The number of rotatable bonds is 1. The summed E-state index contributed by atoms with van der Waals surface area (Å²) in [7, 11) is 0. The molecule has 0 N–H and O–H groups in total. The summed E-state index contributed by atoms with van der Waals surface area (Å²) < 4.78 is 2.66. The average molecular weight is 300 g/mol. The first-order chi connectivity index (χ1) is 8.27. The van der Waals surface area contributed by atoms with E-state index in [0.717, 1.165) is 25.9 Å². The Bertz CT molecular complexity index is 596. The van der Waals surface area contributed by atoms with E-state index >= 15 is 0 Å². The number of thiocarbonyl (C=S) groups is 1. The zero-order chi connectivity index (χ0) is 11.8. The molecular weight excluding hydrogens is 294 g/mol. The Balaban J connectivity index is 2.20. The second kappa shape index (κ2) is 4.61. The number of hydrogen-bond donors (Lipinski definition) is 0. The van der Waals surface area contributed by atoms with Crippen LogP contribution in [0, 0.1) is 0 Å². The number of fused-ring (bicyclic) bond motifs is 1. The molecule has 1 aromatic carbocycles. The van der Waals surface area contributed by atoms with Crippen molar-refractivity contribution in [2.75, 3.05) is 5.08 Å². The molecule has 3 rings (SSSR count). The second-order valence-corrected chi connectivity index (χ2v) is 6.62. The highest BCUT2D eigenvalue weighted by atomic mass is 35.5. The first kappa shape index (κ1) is 11.5. The third-order valence-corrected chi connectivity index (χ3v) is 5.06. The van der Waals surface area contributed by atoms with E-state index in [9.17, 15) is 0 Å². The molecule has 1 aromatic heterocycles. The minimum Gasteiger partial charge on any atom is -0.254 e. The van der Waals surface area contributed by atoms with Crippen molar-refractivity contribution in [3.63, 3.8) is 0 Å². The van der Waals surface area contributed by atoms with Gasteiger partial charge < -0.3 is 0 Å². The number of thioether (sulfide) groups is 2. The van der Waals surface area contributed by atoms with E-state index in [4.69, 9.17) is 23.8 Å². The van der Waals surface area contributed by atoms with Crippen LogP contribution in [0.4, 0.5) is 0 Å². The van der Waals surface area contributed by atoms with Crippen LogP contribution in [-0.4, -0.2) is 24.2 Å². The maximum atomic E-state index is 6.17. The Morgan fingerprint density at radius 1 is 1.24 bits per heavy atom. The second-order valence-electron chi connectivity index (χ2n) is 3.29. The predicted octanol–water partition coefficient (Wildman–Crippen LogP) is 3.53. The van der Waals surface area contributed by atoms with Crippen molar-refractivity contribution in [1.29, 1.82) is 0 Å². The molecule has 0 radical (unpaired) electrons. The van der Waals surface area contributed by atoms with Crippen molar-refractivity contribution < 1.29 is 0 Å². The molecule has 7 heteroatoms. The SMILES string of the molecule is S=C1SCSc2nnc(-c3ccccc3Cl)n21. The van der Waals surface area contributed by atoms with E-state index in [1.165, 1.54) is 0 Å². The maximum Gasteiger partial charge on any atom is 0.198 e. The fraction of sp³-hybridized carbons (Fsp3) is 0.100. The molecule has 0 unspecified atom stereocenters. The van der Waals surface area contributed by atoms with Gasteiger partial charge in [-0.1, -0.05) is 59.5 Å². The molecule has 0 amide bonds. The minimum absolute atomic E-state index is 0.658. The lowest BCUT2D eigenvalue weighted by Gasteiger charge is -2.14. The number of aromatic nitrogens is 3. The lowest BCUT2D eigenvalue weighted by Crippen LogP contribution is -2.12. The summed E-state index contributed by atoms with van der Waals surface area (Å²) in [5.74, 6) is 0.718. The molecule has 2 heterocycles. The lowest BCUT2D eigenvalue weighted by molar-refractivity contribution is 0.935. The lowest BCUT2D eigenvalue weighted by atomic mass is 10.2. The highest BCUT2D eigenvalue weighted by Crippen LogP contribution is 2.35. The van der Waals surface area contributed by atoms with Crippen molar-refractivity contribution in [1.82, 2.24) is 14.8 Å². The van der Waals surface area contributed by atoms with E-state index in [0.29, 0.717) is 5.02 Å². The van der Waals surface area contributed by atoms with Crippen molar-refractivity contribution in [3.05, 3.63) is 29.3 Å². The predicted molar refractivity (Wildman–Crippen MR) is 76.8 cm³/mol. The van der Waals surface area contributed by atoms with Gasteiger partial charge in [0.25, 0.3) is 0 Å². The molecule has 0 saturated carbocycles. The molecule has 17 heavy (non-hydrogen) atoms. The number of nitrogens with zero attached hydrogens (tertiary/aromatic N) is 3. The van der Waals surface area contributed by atoms with E-state index < -0.39 is 0 Å². The molecule has 0 saturated heterocycles. The van der Waals surface area contributed by atoms with Crippen molar-refractivity contribution in [2.45, 2.75) is 5.16 Å². The van der Waals surface area contributed by atoms with Gasteiger partial charge in [0, 0.05) is 5.56 Å². The molecule has 0 aliphatic carbocycles. The molecule has 1 aliphatic rings. The summed E-state index contributed by atoms with van der Waals surface area (Å²) in [6, 6.07) is 7.58. The smallest absolute Gasteiger partial charge is 0.198 e. The van der Waals surface area contributed by atoms with Crippen LogP contribution in [-0.2, 0) is 0 Å². The summed E-state index contributed by atoms with van der Waals surface area (Å²) >= 11 is 14.8. The van der Waals surface area contributed by atoms with E-state index in [1.807, 2.05) is 28.8 Å². The van der Waals surface area contributed by atoms with Gasteiger partial charge in [0.05, 0.1) is 10.1 Å². The zero-order valence-corrected chi connectivity index (χ0v) is 11.7. The van der Waals surface area contributed by atoms with Crippen LogP contribution in [0.2, 0.25) is 5.02 Å². The van der Waals surface area contributed by atoms with Gasteiger partial charge in [-0.2, -0.15) is 0 Å². The Labute approximate surface area is 117 Å². The summed E-state index contributed by atoms with van der Waals surface area (Å²) in [6.07, 6.45) is 0. The summed E-state index contributed by atoms with van der Waals surface area (Å²) in [5, 5.41) is 10.7. The fourth-order valence-electron chi connectivity index (χ4n) is 1.54. The normalized spacial score (nSPS) is 14.8. The standard InChI is InChI=1S/C10H6ClN3S3/c11-7-4-2-1-3-6(7)8-12-13-9-14(8)10(15)17-5-16-9/h1-4H,5H2. The van der Waals surface area contributed by atoms with E-state index in [-0.39, 0.29) is 0 Å². The summed E-state index contributed by atoms with van der Waals surface area (Å²) in [6.45, 7) is 0. The third kappa shape index (κ3) is 1.99. The van der Waals surface area contributed by atoms with Gasteiger partial charge in [-0.05, 0) is 12.1 Å². The van der Waals surface area contributed by atoms with Crippen molar-refractivity contribution >= 4 is 51.7 Å². The molecule has 0 fully saturated rings. The van der Waals surface area contributed by atoms with Gasteiger partial charge in [-0.25, -0.2) is 0 Å². The Hall–Kier alpha value is -0.560.